The van der Waals surface area contributed by atoms with Crippen molar-refractivity contribution in [2.45, 2.75) is 71.9 Å². The highest BCUT2D eigenvalue weighted by atomic mass is 16.6. The van der Waals surface area contributed by atoms with Gasteiger partial charge in [-0.25, -0.2) is 0 Å². The van der Waals surface area contributed by atoms with Gasteiger partial charge >= 0.3 is 0 Å². The van der Waals surface area contributed by atoms with Crippen LogP contribution in [0.2, 0.25) is 0 Å². The van der Waals surface area contributed by atoms with Gasteiger partial charge < -0.3 is 21.1 Å². The Morgan fingerprint density at radius 1 is 0.947 bits per heavy atom. The molecule has 3 unspecified atom stereocenters. The fourth-order valence-corrected chi connectivity index (χ4v) is 4.02. The second-order valence-electron chi connectivity index (χ2n) is 10.2. The van der Waals surface area contributed by atoms with Gasteiger partial charge in [0.15, 0.2) is 0 Å². The lowest BCUT2D eigenvalue weighted by atomic mass is 9.92. The van der Waals surface area contributed by atoms with E-state index >= 15 is 0 Å². The van der Waals surface area contributed by atoms with E-state index in [1.165, 1.54) is 6.07 Å². The van der Waals surface area contributed by atoms with Crippen LogP contribution in [0.3, 0.4) is 0 Å². The van der Waals surface area contributed by atoms with Gasteiger partial charge in [0, 0.05) is 37.3 Å². The molecule has 0 saturated carbocycles. The van der Waals surface area contributed by atoms with Crippen LogP contribution in [0.25, 0.3) is 0 Å². The maximum absolute atomic E-state index is 12.7. The third-order valence-corrected chi connectivity index (χ3v) is 6.64. The number of nitrogens with zero attached hydrogens (tertiary/aromatic N) is 1. The number of aliphatic hydroxyl groups is 1. The zero-order valence-corrected chi connectivity index (χ0v) is 23.1. The smallest absolute Gasteiger partial charge is 0.282 e. The van der Waals surface area contributed by atoms with Crippen molar-refractivity contribution in [1.29, 1.82) is 0 Å². The molecule has 0 saturated heterocycles. The predicted octanol–water partition coefficient (Wildman–Crippen LogP) is 4.72. The number of unbranched alkanes of at least 4 members (excludes halogenated alkanes) is 2. The summed E-state index contributed by atoms with van der Waals surface area (Å²) in [5.41, 5.74) is 1.74. The monoisotopic (exact) mass is 526 g/mol. The number of hydrogen-bond donors (Lipinski definition) is 4. The fraction of sp³-hybridized carbons (Fsp3) is 0.517. The largest absolute Gasteiger partial charge is 0.387 e. The molecule has 2 amide bonds. The van der Waals surface area contributed by atoms with Crippen LogP contribution in [0.15, 0.2) is 42.5 Å². The minimum Gasteiger partial charge on any atom is -0.387 e. The summed E-state index contributed by atoms with van der Waals surface area (Å²) >= 11 is 0. The lowest BCUT2D eigenvalue weighted by molar-refractivity contribution is -0.385. The van der Waals surface area contributed by atoms with Crippen LogP contribution in [-0.2, 0) is 0 Å². The van der Waals surface area contributed by atoms with Crippen molar-refractivity contribution in [1.82, 2.24) is 16.0 Å². The molecule has 0 spiro atoms. The highest BCUT2D eigenvalue weighted by Gasteiger charge is 2.24. The van der Waals surface area contributed by atoms with Crippen LogP contribution in [0.1, 0.15) is 97.7 Å². The first-order valence-corrected chi connectivity index (χ1v) is 13.4. The summed E-state index contributed by atoms with van der Waals surface area (Å²) in [6.45, 7) is 11.3. The molecule has 0 aromatic heterocycles. The van der Waals surface area contributed by atoms with Gasteiger partial charge in [-0.3, -0.25) is 19.7 Å². The van der Waals surface area contributed by atoms with E-state index in [1.54, 1.807) is 36.4 Å². The van der Waals surface area contributed by atoms with Crippen LogP contribution in [0.4, 0.5) is 5.69 Å². The molecular weight excluding hydrogens is 484 g/mol. The maximum atomic E-state index is 12.7. The Hall–Kier alpha value is -3.30. The number of carbonyl (C=O) groups excluding carboxylic acids is 2. The fourth-order valence-electron chi connectivity index (χ4n) is 4.02. The molecule has 0 fully saturated rings. The summed E-state index contributed by atoms with van der Waals surface area (Å²) in [6.07, 6.45) is 1.98. The number of hydrogen-bond acceptors (Lipinski definition) is 6. The van der Waals surface area contributed by atoms with Crippen molar-refractivity contribution in [3.63, 3.8) is 0 Å². The standard InChI is InChI=1S/C29H42N4O5/c1-6-7-8-14-30-29(36)25-16-22(12-13-26(25)33(37)38)20(4)21(5)31-18-27(34)23-10-9-11-24(15-23)28(35)32-17-19(2)3/h9-13,15-16,19-21,27,31,34H,6-8,14,17-18H2,1-5H3,(H,30,36)(H,32,35). The molecule has 0 heterocycles. The number of benzene rings is 2. The topological polar surface area (TPSA) is 134 Å². The van der Waals surface area contributed by atoms with Crippen LogP contribution in [0.5, 0.6) is 0 Å². The van der Waals surface area contributed by atoms with E-state index in [1.807, 2.05) is 27.7 Å². The quantitative estimate of drug-likeness (QED) is 0.151. The molecule has 0 aliphatic heterocycles. The van der Waals surface area contributed by atoms with E-state index < -0.39 is 16.9 Å². The summed E-state index contributed by atoms with van der Waals surface area (Å²) in [7, 11) is 0. The van der Waals surface area contributed by atoms with Gasteiger partial charge in [-0.2, -0.15) is 0 Å². The van der Waals surface area contributed by atoms with Crippen molar-refractivity contribution in [2.75, 3.05) is 19.6 Å². The highest BCUT2D eigenvalue weighted by Crippen LogP contribution is 2.27. The molecule has 2 rings (SSSR count). The molecule has 4 N–H and O–H groups in total. The van der Waals surface area contributed by atoms with Gasteiger partial charge in [0.25, 0.3) is 17.5 Å². The molecule has 208 valence electrons. The Bertz CT molecular complexity index is 1090. The number of rotatable bonds is 15. The zero-order valence-electron chi connectivity index (χ0n) is 23.1. The molecule has 0 radical (unpaired) electrons. The molecule has 38 heavy (non-hydrogen) atoms. The van der Waals surface area contributed by atoms with Crippen LogP contribution < -0.4 is 16.0 Å². The van der Waals surface area contributed by atoms with Crippen molar-refractivity contribution < 1.29 is 19.6 Å². The maximum Gasteiger partial charge on any atom is 0.282 e. The first-order valence-electron chi connectivity index (χ1n) is 13.4. The number of amides is 2. The molecular formula is C29H42N4O5. The number of nitro groups is 1. The van der Waals surface area contributed by atoms with Gasteiger partial charge in [0.05, 0.1) is 11.0 Å². The second-order valence-corrected chi connectivity index (χ2v) is 10.2. The third-order valence-electron chi connectivity index (χ3n) is 6.64. The van der Waals surface area contributed by atoms with E-state index in [2.05, 4.69) is 22.9 Å². The molecule has 9 heteroatoms. The summed E-state index contributed by atoms with van der Waals surface area (Å²) in [5, 5.41) is 31.3. The molecule has 0 bridgehead atoms. The summed E-state index contributed by atoms with van der Waals surface area (Å²) < 4.78 is 0. The third kappa shape index (κ3) is 9.22. The summed E-state index contributed by atoms with van der Waals surface area (Å²) in [5.74, 6) is -0.378. The van der Waals surface area contributed by atoms with Crippen LogP contribution >= 0.6 is 0 Å². The number of nitro benzene ring substituents is 1. The summed E-state index contributed by atoms with van der Waals surface area (Å²) in [6, 6.07) is 11.5. The van der Waals surface area contributed by atoms with Gasteiger partial charge in [0.2, 0.25) is 0 Å². The molecule has 2 aromatic rings. The summed E-state index contributed by atoms with van der Waals surface area (Å²) in [4.78, 5) is 36.1. The average molecular weight is 527 g/mol. The first kappa shape index (κ1) is 30.9. The van der Waals surface area contributed by atoms with E-state index in [4.69, 9.17) is 0 Å². The molecule has 2 aromatic carbocycles. The lowest BCUT2D eigenvalue weighted by Gasteiger charge is -2.24. The normalized spacial score (nSPS) is 13.6. The highest BCUT2D eigenvalue weighted by molar-refractivity contribution is 5.98. The van der Waals surface area contributed by atoms with Gasteiger partial charge in [-0.05, 0) is 54.5 Å². The zero-order chi connectivity index (χ0) is 28.2. The van der Waals surface area contributed by atoms with Crippen LogP contribution in [0, 0.1) is 16.0 Å². The Balaban J connectivity index is 2.05. The minimum atomic E-state index is -0.830. The van der Waals surface area contributed by atoms with Crippen molar-refractivity contribution in [3.8, 4) is 0 Å². The lowest BCUT2D eigenvalue weighted by Crippen LogP contribution is -2.34. The Kier molecular flexibility index (Phi) is 12.4. The van der Waals surface area contributed by atoms with E-state index in [9.17, 15) is 24.8 Å². The van der Waals surface area contributed by atoms with Gasteiger partial charge in [0.1, 0.15) is 5.56 Å². The molecule has 0 aliphatic carbocycles. The molecule has 9 nitrogen and oxygen atoms in total. The number of aliphatic hydroxyl groups excluding tert-OH is 1. The van der Waals surface area contributed by atoms with E-state index in [0.717, 1.165) is 24.8 Å². The Morgan fingerprint density at radius 3 is 2.34 bits per heavy atom. The van der Waals surface area contributed by atoms with Crippen molar-refractivity contribution >= 4 is 17.5 Å². The molecule has 3 atom stereocenters. The SMILES string of the molecule is CCCCCNC(=O)c1cc(C(C)C(C)NCC(O)c2cccc(C(=O)NCC(C)C)c2)ccc1[N+](=O)[O-]. The minimum absolute atomic E-state index is 0.0515. The Morgan fingerprint density at radius 2 is 1.68 bits per heavy atom. The second kappa shape index (κ2) is 15.2. The Labute approximate surface area is 225 Å². The van der Waals surface area contributed by atoms with E-state index in [0.29, 0.717) is 30.1 Å². The average Bonchev–Trinajstić information content (AvgIpc) is 2.91. The van der Waals surface area contributed by atoms with Crippen molar-refractivity contribution in [3.05, 3.63) is 74.8 Å². The van der Waals surface area contributed by atoms with Gasteiger partial charge in [-0.1, -0.05) is 58.7 Å². The number of carbonyl (C=O) groups is 2. The number of nitrogens with one attached hydrogen (secondary N) is 3. The molecule has 0 aliphatic rings. The van der Waals surface area contributed by atoms with Crippen molar-refractivity contribution in [2.24, 2.45) is 5.92 Å². The van der Waals surface area contributed by atoms with E-state index in [-0.39, 0.29) is 35.7 Å². The van der Waals surface area contributed by atoms with Gasteiger partial charge in [-0.15, -0.1) is 0 Å². The van der Waals surface area contributed by atoms with Crippen LogP contribution in [-0.4, -0.2) is 47.5 Å². The predicted molar refractivity (Wildman–Crippen MR) is 149 cm³/mol. The first-order chi connectivity index (χ1) is 18.0.